The lowest BCUT2D eigenvalue weighted by atomic mass is 10.0. The van der Waals surface area contributed by atoms with E-state index in [0.717, 1.165) is 35.4 Å². The maximum atomic E-state index is 12.9. The van der Waals surface area contributed by atoms with Crippen molar-refractivity contribution in [2.24, 2.45) is 0 Å². The van der Waals surface area contributed by atoms with Gasteiger partial charge in [-0.25, -0.2) is 9.19 Å². The molecule has 3 N–H and O–H groups in total. The van der Waals surface area contributed by atoms with Gasteiger partial charge in [-0.2, -0.15) is 5.10 Å². The summed E-state index contributed by atoms with van der Waals surface area (Å²) in [6, 6.07) is 11.3. The molecule has 1 aliphatic heterocycles. The van der Waals surface area contributed by atoms with E-state index >= 15 is 0 Å². The van der Waals surface area contributed by atoms with Gasteiger partial charge in [-0.15, -0.1) is 0 Å². The maximum absolute atomic E-state index is 12.9. The van der Waals surface area contributed by atoms with Crippen molar-refractivity contribution < 1.29 is 13.7 Å². The maximum Gasteiger partial charge on any atom is 0.276 e. The smallest absolute Gasteiger partial charge is 0.276 e. The molecule has 1 atom stereocenters. The summed E-state index contributed by atoms with van der Waals surface area (Å²) >= 11 is 0. The van der Waals surface area contributed by atoms with Gasteiger partial charge in [0, 0.05) is 36.5 Å². The molecule has 4 heterocycles. The predicted octanol–water partition coefficient (Wildman–Crippen LogP) is 2.81. The molecule has 0 bridgehead atoms. The minimum absolute atomic E-state index is 0.283. The Labute approximate surface area is 198 Å². The minimum atomic E-state index is -1.22. The van der Waals surface area contributed by atoms with Crippen molar-refractivity contribution in [2.75, 3.05) is 47.5 Å². The zero-order valence-electron chi connectivity index (χ0n) is 18.4. The lowest BCUT2D eigenvalue weighted by Gasteiger charge is -2.28. The first-order chi connectivity index (χ1) is 16.6. The molecular weight excluding hydrogens is 454 g/mol. The van der Waals surface area contributed by atoms with Gasteiger partial charge >= 0.3 is 0 Å². The van der Waals surface area contributed by atoms with E-state index in [9.17, 15) is 9.00 Å². The summed E-state index contributed by atoms with van der Waals surface area (Å²) in [5, 5.41) is 10.7. The van der Waals surface area contributed by atoms with Crippen LogP contribution in [-0.2, 0) is 15.7 Å². The summed E-state index contributed by atoms with van der Waals surface area (Å²) in [4.78, 5) is 23.8. The molecule has 1 aromatic carbocycles. The standard InChI is InChI=1S/C23H23N7O3S/c1-34(32)29-21-5-3-17(13-25-21)26-23(31)22-19-11-15(2-4-20(19)27-28-22)16-10-18(14-24-12-16)30-6-8-33-9-7-30/h2-5,10-14H,6-9H2,1H3,(H,25,29)(H,26,31)(H,27,28). The number of pyridine rings is 2. The number of anilines is 3. The molecule has 0 saturated carbocycles. The molecule has 3 aromatic heterocycles. The summed E-state index contributed by atoms with van der Waals surface area (Å²) in [5.74, 6) is 0.104. The number of carbonyl (C=O) groups excluding carboxylic acids is 1. The van der Waals surface area contributed by atoms with Gasteiger partial charge in [0.25, 0.3) is 5.91 Å². The van der Waals surface area contributed by atoms with Crippen LogP contribution in [0.25, 0.3) is 22.0 Å². The summed E-state index contributed by atoms with van der Waals surface area (Å²) in [6.45, 7) is 3.07. The number of hydrogen-bond donors (Lipinski definition) is 3. The molecule has 174 valence electrons. The Morgan fingerprint density at radius 1 is 1.09 bits per heavy atom. The molecule has 1 fully saturated rings. The van der Waals surface area contributed by atoms with E-state index < -0.39 is 11.0 Å². The van der Waals surface area contributed by atoms with Gasteiger partial charge in [-0.3, -0.25) is 19.6 Å². The zero-order chi connectivity index (χ0) is 23.5. The fourth-order valence-corrected chi connectivity index (χ4v) is 4.23. The van der Waals surface area contributed by atoms with E-state index in [-0.39, 0.29) is 11.6 Å². The number of amides is 1. The van der Waals surface area contributed by atoms with E-state index in [1.807, 2.05) is 30.6 Å². The molecule has 5 rings (SSSR count). The fourth-order valence-electron chi connectivity index (χ4n) is 3.81. The quantitative estimate of drug-likeness (QED) is 0.390. The van der Waals surface area contributed by atoms with Crippen molar-refractivity contribution in [2.45, 2.75) is 0 Å². The second kappa shape index (κ2) is 9.57. The van der Waals surface area contributed by atoms with E-state index in [4.69, 9.17) is 4.74 Å². The SMILES string of the molecule is CS(=O)Nc1ccc(NC(=O)c2n[nH]c3ccc(-c4cncc(N5CCOCC5)c4)cc23)cn1. The van der Waals surface area contributed by atoms with Gasteiger partial charge in [0.05, 0.1) is 42.5 Å². The van der Waals surface area contributed by atoms with Crippen LogP contribution in [0.3, 0.4) is 0 Å². The Morgan fingerprint density at radius 3 is 2.71 bits per heavy atom. The molecule has 34 heavy (non-hydrogen) atoms. The van der Waals surface area contributed by atoms with E-state index in [2.05, 4.69) is 41.2 Å². The van der Waals surface area contributed by atoms with Gasteiger partial charge in [0.15, 0.2) is 5.69 Å². The van der Waals surface area contributed by atoms with Crippen LogP contribution in [0, 0.1) is 0 Å². The highest BCUT2D eigenvalue weighted by Crippen LogP contribution is 2.28. The second-order valence-electron chi connectivity index (χ2n) is 7.81. The van der Waals surface area contributed by atoms with Crippen LogP contribution >= 0.6 is 0 Å². The normalized spacial score (nSPS) is 14.7. The Hall–Kier alpha value is -3.83. The highest BCUT2D eigenvalue weighted by atomic mass is 32.2. The highest BCUT2D eigenvalue weighted by molar-refractivity contribution is 7.85. The monoisotopic (exact) mass is 477 g/mol. The van der Waals surface area contributed by atoms with Crippen molar-refractivity contribution in [3.63, 3.8) is 0 Å². The first-order valence-corrected chi connectivity index (χ1v) is 12.3. The molecule has 10 nitrogen and oxygen atoms in total. The highest BCUT2D eigenvalue weighted by Gasteiger charge is 2.17. The lowest BCUT2D eigenvalue weighted by molar-refractivity contribution is 0.102. The number of rotatable bonds is 6. The molecule has 4 aromatic rings. The van der Waals surface area contributed by atoms with Crippen molar-refractivity contribution in [3.05, 3.63) is 60.7 Å². The molecular formula is C23H23N7O3S. The third kappa shape index (κ3) is 4.75. The Balaban J connectivity index is 1.39. The Kier molecular flexibility index (Phi) is 6.19. The lowest BCUT2D eigenvalue weighted by Crippen LogP contribution is -2.36. The average Bonchev–Trinajstić information content (AvgIpc) is 3.29. The van der Waals surface area contributed by atoms with Crippen molar-refractivity contribution >= 4 is 45.0 Å². The number of ether oxygens (including phenoxy) is 1. The molecule has 0 aliphatic carbocycles. The summed E-state index contributed by atoms with van der Waals surface area (Å²) in [6.07, 6.45) is 6.69. The molecule has 11 heteroatoms. The van der Waals surface area contributed by atoms with E-state index in [1.54, 1.807) is 12.1 Å². The third-order valence-corrected chi connectivity index (χ3v) is 5.98. The predicted molar refractivity (Wildman–Crippen MR) is 132 cm³/mol. The zero-order valence-corrected chi connectivity index (χ0v) is 19.3. The molecule has 1 unspecified atom stereocenters. The van der Waals surface area contributed by atoms with Crippen LogP contribution in [0.5, 0.6) is 0 Å². The number of nitrogens with one attached hydrogen (secondary N) is 3. The number of H-pyrrole nitrogens is 1. The van der Waals surface area contributed by atoms with Gasteiger partial charge < -0.3 is 15.0 Å². The third-order valence-electron chi connectivity index (χ3n) is 5.48. The Bertz CT molecular complexity index is 1350. The second-order valence-corrected chi connectivity index (χ2v) is 8.92. The number of fused-ring (bicyclic) bond motifs is 1. The minimum Gasteiger partial charge on any atom is -0.378 e. The van der Waals surface area contributed by atoms with Crippen molar-refractivity contribution in [1.82, 2.24) is 20.2 Å². The van der Waals surface area contributed by atoms with Gasteiger partial charge in [-0.1, -0.05) is 6.07 Å². The number of aromatic nitrogens is 4. The number of hydrogen-bond acceptors (Lipinski definition) is 7. The summed E-state index contributed by atoms with van der Waals surface area (Å²) in [5.41, 5.74) is 4.49. The molecule has 0 spiro atoms. The van der Waals surface area contributed by atoms with Gasteiger partial charge in [0.1, 0.15) is 16.8 Å². The van der Waals surface area contributed by atoms with Crippen LogP contribution in [0.15, 0.2) is 55.0 Å². The van der Waals surface area contributed by atoms with Gasteiger partial charge in [-0.05, 0) is 35.9 Å². The number of morpholine rings is 1. The van der Waals surface area contributed by atoms with Crippen LogP contribution in [-0.4, -0.2) is 62.8 Å². The van der Waals surface area contributed by atoms with Crippen molar-refractivity contribution in [1.29, 1.82) is 0 Å². The van der Waals surface area contributed by atoms with Crippen LogP contribution in [0.2, 0.25) is 0 Å². The van der Waals surface area contributed by atoms with E-state index in [0.29, 0.717) is 30.1 Å². The molecule has 1 amide bonds. The number of aromatic amines is 1. The topological polar surface area (TPSA) is 125 Å². The van der Waals surface area contributed by atoms with Crippen LogP contribution in [0.1, 0.15) is 10.5 Å². The largest absolute Gasteiger partial charge is 0.378 e. The van der Waals surface area contributed by atoms with Crippen LogP contribution in [0.4, 0.5) is 17.2 Å². The number of nitrogens with zero attached hydrogens (tertiary/aromatic N) is 4. The van der Waals surface area contributed by atoms with Gasteiger partial charge in [0.2, 0.25) is 0 Å². The van der Waals surface area contributed by atoms with Crippen molar-refractivity contribution in [3.8, 4) is 11.1 Å². The number of carbonyl (C=O) groups is 1. The first-order valence-electron chi connectivity index (χ1n) is 10.7. The Morgan fingerprint density at radius 2 is 1.94 bits per heavy atom. The average molecular weight is 478 g/mol. The van der Waals surface area contributed by atoms with Crippen LogP contribution < -0.4 is 14.9 Å². The molecule has 1 aliphatic rings. The summed E-state index contributed by atoms with van der Waals surface area (Å²) < 4.78 is 19.4. The molecule has 0 radical (unpaired) electrons. The number of benzene rings is 1. The summed E-state index contributed by atoms with van der Waals surface area (Å²) in [7, 11) is -1.22. The molecule has 1 saturated heterocycles. The van der Waals surface area contributed by atoms with E-state index in [1.165, 1.54) is 12.5 Å². The fraction of sp³-hybridized carbons (Fsp3) is 0.217. The first kappa shape index (κ1) is 22.0.